The highest BCUT2D eigenvalue weighted by Gasteiger charge is 2.22. The Hall–Kier alpha value is -1.82. The van der Waals surface area contributed by atoms with E-state index >= 15 is 0 Å². The molecule has 0 fully saturated rings. The van der Waals surface area contributed by atoms with Gasteiger partial charge in [-0.3, -0.25) is 4.79 Å². The molecular formula is C15H23NO5. The maximum absolute atomic E-state index is 12.0. The van der Waals surface area contributed by atoms with Crippen LogP contribution in [0.1, 0.15) is 44.2 Å². The molecule has 0 saturated carbocycles. The summed E-state index contributed by atoms with van der Waals surface area (Å²) in [7, 11) is 1.57. The SMILES string of the molecule is COCCC(CC(=O)c1ccco1)NC(=O)OC(C)(C)C. The van der Waals surface area contributed by atoms with E-state index < -0.39 is 11.7 Å². The molecule has 0 aliphatic rings. The summed E-state index contributed by atoms with van der Waals surface area (Å²) in [6.45, 7) is 5.78. The highest BCUT2D eigenvalue weighted by molar-refractivity contribution is 5.94. The number of ether oxygens (including phenoxy) is 2. The molecule has 0 spiro atoms. The summed E-state index contributed by atoms with van der Waals surface area (Å²) in [5, 5.41) is 2.70. The Kier molecular flexibility index (Phi) is 6.42. The van der Waals surface area contributed by atoms with Gasteiger partial charge >= 0.3 is 6.09 Å². The van der Waals surface area contributed by atoms with Gasteiger partial charge in [-0.1, -0.05) is 0 Å². The topological polar surface area (TPSA) is 77.8 Å². The number of hydrogen-bond acceptors (Lipinski definition) is 5. The van der Waals surface area contributed by atoms with E-state index in [0.717, 1.165) is 0 Å². The molecule has 6 nitrogen and oxygen atoms in total. The van der Waals surface area contributed by atoms with Gasteiger partial charge in [-0.15, -0.1) is 0 Å². The van der Waals surface area contributed by atoms with Crippen molar-refractivity contribution in [2.24, 2.45) is 0 Å². The lowest BCUT2D eigenvalue weighted by atomic mass is 10.1. The van der Waals surface area contributed by atoms with Crippen molar-refractivity contribution in [3.63, 3.8) is 0 Å². The molecule has 0 aliphatic carbocycles. The summed E-state index contributed by atoms with van der Waals surface area (Å²) in [5.41, 5.74) is -0.582. The number of hydrogen-bond donors (Lipinski definition) is 1. The molecule has 1 aromatic heterocycles. The van der Waals surface area contributed by atoms with E-state index in [1.165, 1.54) is 6.26 Å². The summed E-state index contributed by atoms with van der Waals surface area (Å²) in [6.07, 6.45) is 1.55. The molecule has 118 valence electrons. The largest absolute Gasteiger partial charge is 0.461 e. The monoisotopic (exact) mass is 297 g/mol. The minimum absolute atomic E-state index is 0.135. The normalized spacial score (nSPS) is 12.8. The van der Waals surface area contributed by atoms with Crippen LogP contribution in [0.15, 0.2) is 22.8 Å². The highest BCUT2D eigenvalue weighted by atomic mass is 16.6. The van der Waals surface area contributed by atoms with Crippen molar-refractivity contribution in [1.29, 1.82) is 0 Å². The van der Waals surface area contributed by atoms with Crippen LogP contribution < -0.4 is 5.32 Å². The summed E-state index contributed by atoms with van der Waals surface area (Å²) < 4.78 is 15.3. The second-order valence-electron chi connectivity index (χ2n) is 5.73. The quantitative estimate of drug-likeness (QED) is 0.783. The number of carbonyl (C=O) groups is 2. The second kappa shape index (κ2) is 7.83. The van der Waals surface area contributed by atoms with Crippen LogP contribution in [0, 0.1) is 0 Å². The summed E-state index contributed by atoms with van der Waals surface area (Å²) in [6, 6.07) is 2.89. The first-order valence-corrected chi connectivity index (χ1v) is 6.87. The predicted octanol–water partition coefficient (Wildman–Crippen LogP) is 2.78. The van der Waals surface area contributed by atoms with Crippen molar-refractivity contribution in [2.45, 2.75) is 45.3 Å². The smallest absolute Gasteiger partial charge is 0.407 e. The summed E-state index contributed by atoms with van der Waals surface area (Å²) in [5.74, 6) is 0.112. The molecule has 1 N–H and O–H groups in total. The van der Waals surface area contributed by atoms with Gasteiger partial charge in [0.25, 0.3) is 0 Å². The van der Waals surface area contributed by atoms with Crippen molar-refractivity contribution < 1.29 is 23.5 Å². The van der Waals surface area contributed by atoms with Crippen LogP contribution in [0.5, 0.6) is 0 Å². The number of furan rings is 1. The van der Waals surface area contributed by atoms with E-state index in [9.17, 15) is 9.59 Å². The van der Waals surface area contributed by atoms with Gasteiger partial charge in [-0.25, -0.2) is 4.79 Å². The average Bonchev–Trinajstić information content (AvgIpc) is 2.87. The van der Waals surface area contributed by atoms with Crippen LogP contribution in [-0.2, 0) is 9.47 Å². The predicted molar refractivity (Wildman–Crippen MR) is 77.3 cm³/mol. The Morgan fingerprint density at radius 1 is 1.38 bits per heavy atom. The van der Waals surface area contributed by atoms with Crippen molar-refractivity contribution in [2.75, 3.05) is 13.7 Å². The minimum Gasteiger partial charge on any atom is -0.461 e. The van der Waals surface area contributed by atoms with Crippen LogP contribution in [0.2, 0.25) is 0 Å². The number of amides is 1. The molecular weight excluding hydrogens is 274 g/mol. The fourth-order valence-corrected chi connectivity index (χ4v) is 1.72. The van der Waals surface area contributed by atoms with Gasteiger partial charge in [0.1, 0.15) is 5.60 Å². The second-order valence-corrected chi connectivity index (χ2v) is 5.73. The van der Waals surface area contributed by atoms with E-state index in [1.54, 1.807) is 40.0 Å². The Balaban J connectivity index is 2.58. The zero-order valence-corrected chi connectivity index (χ0v) is 13.0. The van der Waals surface area contributed by atoms with Gasteiger partial charge in [0, 0.05) is 26.2 Å². The number of carbonyl (C=O) groups excluding carboxylic acids is 2. The molecule has 0 saturated heterocycles. The number of nitrogens with one attached hydrogen (secondary N) is 1. The van der Waals surface area contributed by atoms with E-state index in [0.29, 0.717) is 13.0 Å². The van der Waals surface area contributed by atoms with Gasteiger partial charge in [0.05, 0.1) is 6.26 Å². The number of rotatable bonds is 7. The third-order valence-corrected chi connectivity index (χ3v) is 2.62. The molecule has 0 bridgehead atoms. The van der Waals surface area contributed by atoms with Gasteiger partial charge in [-0.05, 0) is 39.3 Å². The highest BCUT2D eigenvalue weighted by Crippen LogP contribution is 2.11. The molecule has 0 aliphatic heterocycles. The first-order chi connectivity index (χ1) is 9.81. The zero-order valence-electron chi connectivity index (χ0n) is 13.0. The molecule has 1 aromatic rings. The molecule has 0 aromatic carbocycles. The third kappa shape index (κ3) is 6.94. The Bertz CT molecular complexity index is 447. The standard InChI is InChI=1S/C15H23NO5/c1-15(2,3)21-14(18)16-11(7-9-19-4)10-12(17)13-6-5-8-20-13/h5-6,8,11H,7,9-10H2,1-4H3,(H,16,18). The van der Waals surface area contributed by atoms with Crippen LogP contribution in [0.4, 0.5) is 4.79 Å². The third-order valence-electron chi connectivity index (χ3n) is 2.62. The molecule has 6 heteroatoms. The number of methoxy groups -OCH3 is 1. The van der Waals surface area contributed by atoms with E-state index in [-0.39, 0.29) is 24.0 Å². The number of Topliss-reactive ketones (excluding diaryl/α,β-unsaturated/α-hetero) is 1. The maximum Gasteiger partial charge on any atom is 0.407 e. The van der Waals surface area contributed by atoms with E-state index in [4.69, 9.17) is 13.9 Å². The fourth-order valence-electron chi connectivity index (χ4n) is 1.72. The lowest BCUT2D eigenvalue weighted by molar-refractivity contribution is 0.0489. The van der Waals surface area contributed by atoms with Crippen LogP contribution in [0.3, 0.4) is 0 Å². The molecule has 1 amide bonds. The van der Waals surface area contributed by atoms with Crippen molar-refractivity contribution in [3.8, 4) is 0 Å². The number of alkyl carbamates (subject to hydrolysis) is 1. The summed E-state index contributed by atoms with van der Waals surface area (Å²) in [4.78, 5) is 23.8. The molecule has 21 heavy (non-hydrogen) atoms. The lowest BCUT2D eigenvalue weighted by Crippen LogP contribution is -2.40. The molecule has 1 atom stereocenters. The molecule has 1 heterocycles. The minimum atomic E-state index is -0.582. The van der Waals surface area contributed by atoms with Crippen LogP contribution in [-0.4, -0.2) is 37.2 Å². The molecule has 0 radical (unpaired) electrons. The van der Waals surface area contributed by atoms with Crippen molar-refractivity contribution >= 4 is 11.9 Å². The van der Waals surface area contributed by atoms with Crippen LogP contribution >= 0.6 is 0 Å². The lowest BCUT2D eigenvalue weighted by Gasteiger charge is -2.23. The van der Waals surface area contributed by atoms with Gasteiger partial charge in [0.15, 0.2) is 11.5 Å². The number of ketones is 1. The molecule has 1 unspecified atom stereocenters. The fraction of sp³-hybridized carbons (Fsp3) is 0.600. The Morgan fingerprint density at radius 2 is 2.10 bits per heavy atom. The van der Waals surface area contributed by atoms with Crippen molar-refractivity contribution in [1.82, 2.24) is 5.32 Å². The zero-order chi connectivity index (χ0) is 15.9. The van der Waals surface area contributed by atoms with Gasteiger partial charge in [-0.2, -0.15) is 0 Å². The molecule has 1 rings (SSSR count). The first-order valence-electron chi connectivity index (χ1n) is 6.87. The van der Waals surface area contributed by atoms with Gasteiger partial charge < -0.3 is 19.2 Å². The average molecular weight is 297 g/mol. The van der Waals surface area contributed by atoms with Crippen LogP contribution in [0.25, 0.3) is 0 Å². The van der Waals surface area contributed by atoms with E-state index in [1.807, 2.05) is 0 Å². The van der Waals surface area contributed by atoms with Crippen molar-refractivity contribution in [3.05, 3.63) is 24.2 Å². The van der Waals surface area contributed by atoms with E-state index in [2.05, 4.69) is 5.32 Å². The Morgan fingerprint density at radius 3 is 2.62 bits per heavy atom. The first kappa shape index (κ1) is 17.2. The Labute approximate surface area is 124 Å². The summed E-state index contributed by atoms with van der Waals surface area (Å²) >= 11 is 0. The van der Waals surface area contributed by atoms with Gasteiger partial charge in [0.2, 0.25) is 0 Å². The maximum atomic E-state index is 12.0.